The van der Waals surface area contributed by atoms with E-state index in [1.54, 1.807) is 6.92 Å². The molecule has 0 saturated carbocycles. The van der Waals surface area contributed by atoms with Gasteiger partial charge in [0.25, 0.3) is 5.56 Å². The summed E-state index contributed by atoms with van der Waals surface area (Å²) in [4.78, 5) is 29.1. The first-order valence-electron chi connectivity index (χ1n) is 8.24. The summed E-state index contributed by atoms with van der Waals surface area (Å²) >= 11 is 1.43. The van der Waals surface area contributed by atoms with Gasteiger partial charge in [-0.1, -0.05) is 36.4 Å². The van der Waals surface area contributed by atoms with Crippen LogP contribution in [-0.2, 0) is 11.3 Å². The van der Waals surface area contributed by atoms with Gasteiger partial charge in [0.15, 0.2) is 0 Å². The highest BCUT2D eigenvalue weighted by molar-refractivity contribution is 7.17. The Kier molecular flexibility index (Phi) is 4.05. The Bertz CT molecular complexity index is 1210. The van der Waals surface area contributed by atoms with E-state index in [0.717, 1.165) is 21.9 Å². The van der Waals surface area contributed by atoms with E-state index in [-0.39, 0.29) is 18.5 Å². The van der Waals surface area contributed by atoms with Crippen LogP contribution in [0.15, 0.2) is 52.6 Å². The van der Waals surface area contributed by atoms with Crippen LogP contribution in [0.4, 0.5) is 0 Å². The average Bonchev–Trinajstić information content (AvgIpc) is 3.04. The van der Waals surface area contributed by atoms with E-state index in [0.29, 0.717) is 16.0 Å². The molecule has 0 saturated heterocycles. The van der Waals surface area contributed by atoms with Crippen LogP contribution < -0.4 is 5.56 Å². The van der Waals surface area contributed by atoms with Gasteiger partial charge in [-0.2, -0.15) is 0 Å². The maximum absolute atomic E-state index is 13.0. The molecule has 4 rings (SSSR count). The molecule has 6 heteroatoms. The Hall–Kier alpha value is -2.99. The van der Waals surface area contributed by atoms with E-state index < -0.39 is 5.97 Å². The summed E-state index contributed by atoms with van der Waals surface area (Å²) in [5, 5.41) is 13.7. The highest BCUT2D eigenvalue weighted by Gasteiger charge is 2.16. The molecule has 2 heterocycles. The zero-order valence-electron chi connectivity index (χ0n) is 14.1. The van der Waals surface area contributed by atoms with Crippen molar-refractivity contribution in [2.24, 2.45) is 0 Å². The summed E-state index contributed by atoms with van der Waals surface area (Å²) in [6, 6.07) is 14.2. The lowest BCUT2D eigenvalue weighted by molar-refractivity contribution is -0.137. The van der Waals surface area contributed by atoms with Crippen molar-refractivity contribution >= 4 is 38.3 Å². The average molecular weight is 364 g/mol. The van der Waals surface area contributed by atoms with Crippen molar-refractivity contribution in [3.05, 3.63) is 64.0 Å². The van der Waals surface area contributed by atoms with Crippen LogP contribution in [0.5, 0.6) is 0 Å². The van der Waals surface area contributed by atoms with Gasteiger partial charge >= 0.3 is 5.97 Å². The van der Waals surface area contributed by atoms with Crippen LogP contribution >= 0.6 is 11.3 Å². The Balaban J connectivity index is 1.91. The summed E-state index contributed by atoms with van der Waals surface area (Å²) in [5.41, 5.74) is 1.62. The maximum Gasteiger partial charge on any atom is 0.305 e. The lowest BCUT2D eigenvalue weighted by Gasteiger charge is -2.09. The molecule has 0 unspecified atom stereocenters. The van der Waals surface area contributed by atoms with Gasteiger partial charge in [-0.05, 0) is 29.3 Å². The molecule has 0 radical (unpaired) electrons. The number of fused-ring (bicyclic) bond motifs is 2. The molecule has 0 amide bonds. The number of thiophene rings is 1. The van der Waals surface area contributed by atoms with E-state index in [9.17, 15) is 9.59 Å². The zero-order valence-corrected chi connectivity index (χ0v) is 14.9. The van der Waals surface area contributed by atoms with Gasteiger partial charge < -0.3 is 5.11 Å². The third-order valence-corrected chi connectivity index (χ3v) is 5.37. The second-order valence-electron chi connectivity index (χ2n) is 6.15. The largest absolute Gasteiger partial charge is 0.481 e. The van der Waals surface area contributed by atoms with Crippen molar-refractivity contribution in [3.63, 3.8) is 0 Å². The van der Waals surface area contributed by atoms with Crippen molar-refractivity contribution in [2.45, 2.75) is 19.9 Å². The van der Waals surface area contributed by atoms with Crippen LogP contribution in [0.2, 0.25) is 0 Å². The smallest absolute Gasteiger partial charge is 0.305 e. The van der Waals surface area contributed by atoms with Crippen LogP contribution in [-0.4, -0.2) is 20.6 Å². The fourth-order valence-electron chi connectivity index (χ4n) is 3.17. The van der Waals surface area contributed by atoms with Gasteiger partial charge in [-0.3, -0.25) is 14.2 Å². The van der Waals surface area contributed by atoms with E-state index in [1.807, 2.05) is 35.7 Å². The van der Waals surface area contributed by atoms with Gasteiger partial charge in [-0.15, -0.1) is 11.3 Å². The van der Waals surface area contributed by atoms with Crippen molar-refractivity contribution < 1.29 is 9.90 Å². The molecule has 1 N–H and O–H groups in total. The minimum absolute atomic E-state index is 0.108. The first kappa shape index (κ1) is 16.5. The first-order valence-corrected chi connectivity index (χ1v) is 9.12. The topological polar surface area (TPSA) is 72.2 Å². The number of hydrogen-bond donors (Lipinski definition) is 1. The van der Waals surface area contributed by atoms with Crippen LogP contribution in [0.3, 0.4) is 0 Å². The highest BCUT2D eigenvalue weighted by atomic mass is 32.1. The fraction of sp³-hybridized carbons (Fsp3) is 0.150. The zero-order chi connectivity index (χ0) is 18.3. The monoisotopic (exact) mass is 364 g/mol. The van der Waals surface area contributed by atoms with Gasteiger partial charge in [0.1, 0.15) is 10.7 Å². The second kappa shape index (κ2) is 6.38. The quantitative estimate of drug-likeness (QED) is 0.593. The van der Waals surface area contributed by atoms with E-state index in [2.05, 4.69) is 17.1 Å². The molecule has 0 aliphatic carbocycles. The van der Waals surface area contributed by atoms with E-state index >= 15 is 0 Å². The number of rotatable bonds is 4. The molecule has 4 aromatic rings. The molecule has 130 valence electrons. The number of aromatic nitrogens is 2. The van der Waals surface area contributed by atoms with Crippen molar-refractivity contribution in [3.8, 4) is 11.1 Å². The minimum Gasteiger partial charge on any atom is -0.481 e. The molecule has 5 nitrogen and oxygen atoms in total. The number of benzene rings is 2. The number of aliphatic carboxylic acids is 1. The Labute approximate surface area is 153 Å². The van der Waals surface area contributed by atoms with Crippen molar-refractivity contribution in [1.29, 1.82) is 0 Å². The summed E-state index contributed by atoms with van der Waals surface area (Å²) < 4.78 is 1.45. The lowest BCUT2D eigenvalue weighted by atomic mass is 10.0. The Morgan fingerprint density at radius 2 is 1.96 bits per heavy atom. The molecule has 0 aliphatic rings. The van der Waals surface area contributed by atoms with Gasteiger partial charge in [-0.25, -0.2) is 4.98 Å². The van der Waals surface area contributed by atoms with E-state index in [1.165, 1.54) is 15.9 Å². The molecular formula is C20H16N2O3S. The predicted molar refractivity (Wildman–Crippen MR) is 104 cm³/mol. The minimum atomic E-state index is -0.934. The molecule has 2 aromatic carbocycles. The second-order valence-corrected chi connectivity index (χ2v) is 7.01. The van der Waals surface area contributed by atoms with Crippen molar-refractivity contribution in [2.75, 3.05) is 0 Å². The molecule has 0 aliphatic heterocycles. The van der Waals surface area contributed by atoms with Gasteiger partial charge in [0.05, 0.1) is 11.8 Å². The molecule has 0 atom stereocenters. The van der Waals surface area contributed by atoms with E-state index in [4.69, 9.17) is 5.11 Å². The Morgan fingerprint density at radius 1 is 1.19 bits per heavy atom. The fourth-order valence-corrected chi connectivity index (χ4v) is 4.15. The summed E-state index contributed by atoms with van der Waals surface area (Å²) in [7, 11) is 0. The molecule has 26 heavy (non-hydrogen) atoms. The maximum atomic E-state index is 13.0. The van der Waals surface area contributed by atoms with Crippen molar-refractivity contribution in [1.82, 2.24) is 9.55 Å². The number of carboxylic acid groups (broad SMARTS) is 1. The highest BCUT2D eigenvalue weighted by Crippen LogP contribution is 2.32. The predicted octanol–water partition coefficient (Wildman–Crippen LogP) is 4.06. The molecule has 0 fully saturated rings. The Morgan fingerprint density at radius 3 is 2.73 bits per heavy atom. The normalized spacial score (nSPS) is 11.3. The molecule has 0 bridgehead atoms. The molecule has 2 aromatic heterocycles. The summed E-state index contributed by atoms with van der Waals surface area (Å²) in [6.07, 6.45) is -0.108. The van der Waals surface area contributed by atoms with Crippen LogP contribution in [0.25, 0.3) is 32.1 Å². The number of carbonyl (C=O) groups is 1. The lowest BCUT2D eigenvalue weighted by Crippen LogP contribution is -2.24. The number of carboxylic acids is 1. The number of nitrogens with zero attached hydrogens (tertiary/aromatic N) is 2. The summed E-state index contributed by atoms with van der Waals surface area (Å²) in [6.45, 7) is 1.86. The molecule has 0 spiro atoms. The third kappa shape index (κ3) is 2.78. The molecular weight excluding hydrogens is 348 g/mol. The van der Waals surface area contributed by atoms with Gasteiger partial charge in [0, 0.05) is 17.5 Å². The standard InChI is InChI=1S/C20H16N2O3S/c1-12-21-19-18(20(25)22(12)9-8-17(23)24)16(11-26-19)15-7-6-13-4-2-3-5-14(13)10-15/h2-7,10-11H,8-9H2,1H3,(H,23,24). The summed E-state index contributed by atoms with van der Waals surface area (Å²) in [5.74, 6) is -0.396. The van der Waals surface area contributed by atoms with Crippen LogP contribution in [0, 0.1) is 6.92 Å². The number of hydrogen-bond acceptors (Lipinski definition) is 4. The number of aryl methyl sites for hydroxylation is 1. The van der Waals surface area contributed by atoms with Gasteiger partial charge in [0.2, 0.25) is 0 Å². The first-order chi connectivity index (χ1) is 12.5. The SMILES string of the molecule is Cc1nc2scc(-c3ccc4ccccc4c3)c2c(=O)n1CCC(=O)O. The van der Waals surface area contributed by atoms with Crippen LogP contribution in [0.1, 0.15) is 12.2 Å². The third-order valence-electron chi connectivity index (χ3n) is 4.49.